The lowest BCUT2D eigenvalue weighted by Gasteiger charge is -2.31. The van der Waals surface area contributed by atoms with Crippen LogP contribution in [0.3, 0.4) is 0 Å². The molecule has 0 amide bonds. The number of aromatic nitrogens is 2. The molecule has 1 aromatic rings. The molecule has 1 aliphatic heterocycles. The predicted molar refractivity (Wildman–Crippen MR) is 108 cm³/mol. The molecule has 3 rings (SSSR count). The quantitative estimate of drug-likeness (QED) is 0.624. The van der Waals surface area contributed by atoms with E-state index in [9.17, 15) is 0 Å². The van der Waals surface area contributed by atoms with E-state index in [1.807, 2.05) is 7.05 Å². The van der Waals surface area contributed by atoms with Crippen molar-refractivity contribution < 1.29 is 0 Å². The zero-order valence-corrected chi connectivity index (χ0v) is 17.0. The highest BCUT2D eigenvalue weighted by Crippen LogP contribution is 2.21. The monoisotopic (exact) mass is 360 g/mol. The van der Waals surface area contributed by atoms with E-state index in [1.165, 1.54) is 37.2 Å². The molecule has 1 fully saturated rings. The highest BCUT2D eigenvalue weighted by Gasteiger charge is 2.23. The van der Waals surface area contributed by atoms with Gasteiger partial charge in [-0.3, -0.25) is 9.67 Å². The summed E-state index contributed by atoms with van der Waals surface area (Å²) in [6.45, 7) is 11.2. The molecule has 0 spiro atoms. The summed E-state index contributed by atoms with van der Waals surface area (Å²) in [6.07, 6.45) is 8.16. The van der Waals surface area contributed by atoms with Crippen molar-refractivity contribution in [3.05, 3.63) is 17.5 Å². The summed E-state index contributed by atoms with van der Waals surface area (Å²) in [4.78, 5) is 6.99. The summed E-state index contributed by atoms with van der Waals surface area (Å²) >= 11 is 0. The third-order valence-electron chi connectivity index (χ3n) is 5.65. The van der Waals surface area contributed by atoms with Crippen molar-refractivity contribution >= 4 is 5.96 Å². The first kappa shape index (κ1) is 19.2. The number of hydrogen-bond donors (Lipinski definition) is 2. The van der Waals surface area contributed by atoms with Crippen molar-refractivity contribution in [2.45, 2.75) is 65.0 Å². The standard InChI is InChI=1S/C20H36N6/c1-15(2)26-14-17-7-8-18(12-19(17)24-26)23-20(21-4)22-9-11-25-10-5-6-16(3)13-25/h14-16,18H,5-13H2,1-4H3,(H2,21,22,23). The number of rotatable bonds is 5. The average Bonchev–Trinajstić information content (AvgIpc) is 3.04. The minimum absolute atomic E-state index is 0.416. The predicted octanol–water partition coefficient (Wildman–Crippen LogP) is 2.22. The van der Waals surface area contributed by atoms with E-state index >= 15 is 0 Å². The van der Waals surface area contributed by atoms with Crippen molar-refractivity contribution in [1.82, 2.24) is 25.3 Å². The second-order valence-electron chi connectivity index (χ2n) is 8.31. The van der Waals surface area contributed by atoms with E-state index in [2.05, 4.69) is 52.2 Å². The average molecular weight is 361 g/mol. The van der Waals surface area contributed by atoms with Crippen LogP contribution in [0.25, 0.3) is 0 Å². The Bertz CT molecular complexity index is 605. The number of likely N-dealkylation sites (tertiary alicyclic amines) is 1. The lowest BCUT2D eigenvalue weighted by atomic mass is 9.94. The molecule has 2 N–H and O–H groups in total. The number of hydrogen-bond acceptors (Lipinski definition) is 3. The second-order valence-corrected chi connectivity index (χ2v) is 8.31. The summed E-state index contributed by atoms with van der Waals surface area (Å²) in [7, 11) is 1.86. The van der Waals surface area contributed by atoms with Gasteiger partial charge in [0, 0.05) is 51.4 Å². The van der Waals surface area contributed by atoms with Crippen molar-refractivity contribution in [3.8, 4) is 0 Å². The van der Waals surface area contributed by atoms with Crippen LogP contribution in [-0.2, 0) is 12.8 Å². The molecule has 2 unspecified atom stereocenters. The van der Waals surface area contributed by atoms with E-state index in [-0.39, 0.29) is 0 Å². The van der Waals surface area contributed by atoms with Crippen LogP contribution >= 0.6 is 0 Å². The number of guanidine groups is 1. The largest absolute Gasteiger partial charge is 0.355 e. The Morgan fingerprint density at radius 3 is 2.96 bits per heavy atom. The van der Waals surface area contributed by atoms with Gasteiger partial charge in [0.15, 0.2) is 5.96 Å². The Morgan fingerprint density at radius 2 is 2.23 bits per heavy atom. The second kappa shape index (κ2) is 8.89. The minimum Gasteiger partial charge on any atom is -0.355 e. The third kappa shape index (κ3) is 5.00. The van der Waals surface area contributed by atoms with Gasteiger partial charge >= 0.3 is 0 Å². The maximum atomic E-state index is 4.77. The topological polar surface area (TPSA) is 57.5 Å². The molecule has 2 aliphatic rings. The maximum absolute atomic E-state index is 4.77. The van der Waals surface area contributed by atoms with Gasteiger partial charge in [0.25, 0.3) is 0 Å². The lowest BCUT2D eigenvalue weighted by Crippen LogP contribution is -2.48. The maximum Gasteiger partial charge on any atom is 0.191 e. The first-order valence-corrected chi connectivity index (χ1v) is 10.3. The van der Waals surface area contributed by atoms with Crippen LogP contribution in [0, 0.1) is 5.92 Å². The number of aryl methyl sites for hydroxylation is 1. The Labute approximate surface area is 158 Å². The number of nitrogens with one attached hydrogen (secondary N) is 2. The smallest absolute Gasteiger partial charge is 0.191 e. The van der Waals surface area contributed by atoms with E-state index in [1.54, 1.807) is 0 Å². The van der Waals surface area contributed by atoms with Gasteiger partial charge in [0.2, 0.25) is 0 Å². The molecule has 2 atom stereocenters. The van der Waals surface area contributed by atoms with Gasteiger partial charge in [0.05, 0.1) is 5.69 Å². The highest BCUT2D eigenvalue weighted by molar-refractivity contribution is 5.80. The lowest BCUT2D eigenvalue weighted by molar-refractivity contribution is 0.186. The van der Waals surface area contributed by atoms with E-state index < -0.39 is 0 Å². The van der Waals surface area contributed by atoms with Crippen molar-refractivity contribution in [1.29, 1.82) is 0 Å². The van der Waals surface area contributed by atoms with Crippen molar-refractivity contribution in [3.63, 3.8) is 0 Å². The summed E-state index contributed by atoms with van der Waals surface area (Å²) in [6, 6.07) is 0.846. The van der Waals surface area contributed by atoms with E-state index in [4.69, 9.17) is 5.10 Å². The summed E-state index contributed by atoms with van der Waals surface area (Å²) < 4.78 is 2.10. The molecule has 0 radical (unpaired) electrons. The van der Waals surface area contributed by atoms with Gasteiger partial charge in [0.1, 0.15) is 0 Å². The van der Waals surface area contributed by atoms with Gasteiger partial charge in [-0.1, -0.05) is 6.92 Å². The van der Waals surface area contributed by atoms with Gasteiger partial charge in [-0.25, -0.2) is 0 Å². The van der Waals surface area contributed by atoms with Crippen LogP contribution in [-0.4, -0.2) is 59.9 Å². The Morgan fingerprint density at radius 1 is 1.38 bits per heavy atom. The molecule has 6 nitrogen and oxygen atoms in total. The molecule has 6 heteroatoms. The molecule has 1 aromatic heterocycles. The molecule has 0 bridgehead atoms. The molecule has 0 saturated carbocycles. The third-order valence-corrected chi connectivity index (χ3v) is 5.65. The Kier molecular flexibility index (Phi) is 6.57. The minimum atomic E-state index is 0.416. The molecular formula is C20H36N6. The van der Waals surface area contributed by atoms with Crippen LogP contribution < -0.4 is 10.6 Å². The molecule has 2 heterocycles. The zero-order chi connectivity index (χ0) is 18.5. The normalized spacial score (nSPS) is 24.6. The SMILES string of the molecule is CN=C(NCCN1CCCC(C)C1)NC1CCc2cn(C(C)C)nc2C1. The highest BCUT2D eigenvalue weighted by atomic mass is 15.3. The fraction of sp³-hybridized carbons (Fsp3) is 0.800. The molecule has 1 aliphatic carbocycles. The first-order valence-electron chi connectivity index (χ1n) is 10.3. The first-order chi connectivity index (χ1) is 12.5. The Hall–Kier alpha value is -1.56. The van der Waals surface area contributed by atoms with Gasteiger partial charge < -0.3 is 15.5 Å². The van der Waals surface area contributed by atoms with E-state index in [0.29, 0.717) is 12.1 Å². The van der Waals surface area contributed by atoms with Crippen LogP contribution in [0.1, 0.15) is 57.3 Å². The van der Waals surface area contributed by atoms with Crippen molar-refractivity contribution in [2.75, 3.05) is 33.2 Å². The number of aliphatic imine (C=N–C) groups is 1. The molecular weight excluding hydrogens is 324 g/mol. The van der Waals surface area contributed by atoms with Gasteiger partial charge in [-0.05, 0) is 57.6 Å². The van der Waals surface area contributed by atoms with Crippen LogP contribution in [0.2, 0.25) is 0 Å². The molecule has 0 aromatic carbocycles. The van der Waals surface area contributed by atoms with Crippen molar-refractivity contribution in [2.24, 2.45) is 10.9 Å². The zero-order valence-electron chi connectivity index (χ0n) is 17.0. The fourth-order valence-corrected chi connectivity index (χ4v) is 4.11. The van der Waals surface area contributed by atoms with Crippen LogP contribution in [0.5, 0.6) is 0 Å². The molecule has 26 heavy (non-hydrogen) atoms. The summed E-state index contributed by atoms with van der Waals surface area (Å²) in [5, 5.41) is 11.9. The van der Waals surface area contributed by atoms with Crippen LogP contribution in [0.4, 0.5) is 0 Å². The molecule has 146 valence electrons. The fourth-order valence-electron chi connectivity index (χ4n) is 4.11. The van der Waals surface area contributed by atoms with E-state index in [0.717, 1.165) is 44.2 Å². The number of fused-ring (bicyclic) bond motifs is 1. The number of piperidine rings is 1. The summed E-state index contributed by atoms with van der Waals surface area (Å²) in [5.41, 5.74) is 2.67. The number of nitrogens with zero attached hydrogens (tertiary/aromatic N) is 4. The van der Waals surface area contributed by atoms with Gasteiger partial charge in [-0.2, -0.15) is 5.10 Å². The Balaban J connectivity index is 1.45. The van der Waals surface area contributed by atoms with Crippen LogP contribution in [0.15, 0.2) is 11.2 Å². The van der Waals surface area contributed by atoms with Gasteiger partial charge in [-0.15, -0.1) is 0 Å². The molecule has 1 saturated heterocycles. The summed E-state index contributed by atoms with van der Waals surface area (Å²) in [5.74, 6) is 1.76.